The molecular formula is C15H20ClFO2. The standard InChI is InChI=1S/C15H20ClFO2/c1-2-19-13-7-10(8-13)6-12(18)9-11-4-3-5-14(16)15(11)17/h3-5,10,12-13,18H,2,6-9H2,1H3. The zero-order valence-electron chi connectivity index (χ0n) is 11.1. The Labute approximate surface area is 118 Å². The summed E-state index contributed by atoms with van der Waals surface area (Å²) in [6.07, 6.45) is 2.87. The smallest absolute Gasteiger partial charge is 0.145 e. The molecule has 0 aliphatic heterocycles. The van der Waals surface area contributed by atoms with E-state index in [1.807, 2.05) is 6.92 Å². The summed E-state index contributed by atoms with van der Waals surface area (Å²) in [6, 6.07) is 4.90. The van der Waals surface area contributed by atoms with E-state index in [0.29, 0.717) is 30.4 Å². The molecule has 0 saturated heterocycles. The van der Waals surface area contributed by atoms with Crippen molar-refractivity contribution in [3.05, 3.63) is 34.6 Å². The second-order valence-corrected chi connectivity index (χ2v) is 5.63. The van der Waals surface area contributed by atoms with E-state index in [1.165, 1.54) is 6.07 Å². The van der Waals surface area contributed by atoms with Crippen LogP contribution in [0.4, 0.5) is 4.39 Å². The molecule has 2 rings (SSSR count). The van der Waals surface area contributed by atoms with Crippen molar-refractivity contribution in [1.82, 2.24) is 0 Å². The van der Waals surface area contributed by atoms with Crippen LogP contribution in [0.1, 0.15) is 31.7 Å². The van der Waals surface area contributed by atoms with Crippen molar-refractivity contribution < 1.29 is 14.2 Å². The van der Waals surface area contributed by atoms with Crippen LogP contribution in [0.3, 0.4) is 0 Å². The summed E-state index contributed by atoms with van der Waals surface area (Å²) in [5.41, 5.74) is 0.487. The fourth-order valence-corrected chi connectivity index (χ4v) is 2.86. The number of halogens is 2. The molecule has 106 valence electrons. The van der Waals surface area contributed by atoms with E-state index in [4.69, 9.17) is 16.3 Å². The molecule has 1 aliphatic rings. The van der Waals surface area contributed by atoms with Gasteiger partial charge in [0.15, 0.2) is 0 Å². The van der Waals surface area contributed by atoms with Crippen LogP contribution in [-0.4, -0.2) is 23.9 Å². The molecule has 4 heteroatoms. The van der Waals surface area contributed by atoms with Crippen LogP contribution in [-0.2, 0) is 11.2 Å². The highest BCUT2D eigenvalue weighted by atomic mass is 35.5. The van der Waals surface area contributed by atoms with Crippen molar-refractivity contribution in [1.29, 1.82) is 0 Å². The maximum absolute atomic E-state index is 13.7. The lowest BCUT2D eigenvalue weighted by Gasteiger charge is -2.36. The van der Waals surface area contributed by atoms with E-state index in [9.17, 15) is 9.50 Å². The maximum Gasteiger partial charge on any atom is 0.145 e. The largest absolute Gasteiger partial charge is 0.393 e. The van der Waals surface area contributed by atoms with Crippen LogP contribution in [0.15, 0.2) is 18.2 Å². The van der Waals surface area contributed by atoms with Gasteiger partial charge in [-0.25, -0.2) is 4.39 Å². The predicted molar refractivity (Wildman–Crippen MR) is 73.9 cm³/mol. The zero-order valence-corrected chi connectivity index (χ0v) is 11.9. The molecule has 0 amide bonds. The summed E-state index contributed by atoms with van der Waals surface area (Å²) in [5, 5.41) is 10.1. The van der Waals surface area contributed by atoms with E-state index in [1.54, 1.807) is 12.1 Å². The number of aliphatic hydroxyl groups excluding tert-OH is 1. The van der Waals surface area contributed by atoms with Gasteiger partial charge in [-0.2, -0.15) is 0 Å². The molecule has 0 bridgehead atoms. The summed E-state index contributed by atoms with van der Waals surface area (Å²) in [7, 11) is 0. The topological polar surface area (TPSA) is 29.5 Å². The van der Waals surface area contributed by atoms with Gasteiger partial charge in [0, 0.05) is 13.0 Å². The normalized spacial score (nSPS) is 24.0. The Bertz CT molecular complexity index is 419. The Morgan fingerprint density at radius 3 is 2.89 bits per heavy atom. The predicted octanol–water partition coefficient (Wildman–Crippen LogP) is 3.59. The molecule has 2 nitrogen and oxygen atoms in total. The molecule has 1 aromatic rings. The van der Waals surface area contributed by atoms with Gasteiger partial charge in [0.25, 0.3) is 0 Å². The van der Waals surface area contributed by atoms with E-state index >= 15 is 0 Å². The third-order valence-corrected chi connectivity index (χ3v) is 3.98. The summed E-state index contributed by atoms with van der Waals surface area (Å²) >= 11 is 5.72. The molecule has 1 aromatic carbocycles. The van der Waals surface area contributed by atoms with Gasteiger partial charge in [0.05, 0.1) is 17.2 Å². The fourth-order valence-electron chi connectivity index (χ4n) is 2.67. The SMILES string of the molecule is CCOC1CC(CC(O)Cc2cccc(Cl)c2F)C1. The minimum Gasteiger partial charge on any atom is -0.393 e. The van der Waals surface area contributed by atoms with Gasteiger partial charge in [-0.3, -0.25) is 0 Å². The molecule has 0 radical (unpaired) electrons. The minimum atomic E-state index is -0.513. The summed E-state index contributed by atoms with van der Waals surface area (Å²) in [5.74, 6) is 0.0813. The van der Waals surface area contributed by atoms with Gasteiger partial charge in [-0.1, -0.05) is 23.7 Å². The van der Waals surface area contributed by atoms with Gasteiger partial charge in [0.1, 0.15) is 5.82 Å². The number of benzene rings is 1. The van der Waals surface area contributed by atoms with E-state index in [2.05, 4.69) is 0 Å². The molecule has 0 aromatic heterocycles. The monoisotopic (exact) mass is 286 g/mol. The first kappa shape index (κ1) is 14.8. The van der Waals surface area contributed by atoms with E-state index in [0.717, 1.165) is 19.4 Å². The van der Waals surface area contributed by atoms with E-state index in [-0.39, 0.29) is 5.02 Å². The van der Waals surface area contributed by atoms with Gasteiger partial charge < -0.3 is 9.84 Å². The maximum atomic E-state index is 13.7. The van der Waals surface area contributed by atoms with Gasteiger partial charge >= 0.3 is 0 Å². The summed E-state index contributed by atoms with van der Waals surface area (Å²) in [6.45, 7) is 2.73. The lowest BCUT2D eigenvalue weighted by atomic mass is 9.78. The van der Waals surface area contributed by atoms with Crippen molar-refractivity contribution >= 4 is 11.6 Å². The average Bonchev–Trinajstić information content (AvgIpc) is 2.32. The quantitative estimate of drug-likeness (QED) is 0.866. The van der Waals surface area contributed by atoms with Crippen molar-refractivity contribution in [2.45, 2.75) is 44.8 Å². The van der Waals surface area contributed by atoms with Gasteiger partial charge in [-0.15, -0.1) is 0 Å². The highest BCUT2D eigenvalue weighted by molar-refractivity contribution is 6.30. The second-order valence-electron chi connectivity index (χ2n) is 5.22. The van der Waals surface area contributed by atoms with Crippen LogP contribution in [0.2, 0.25) is 5.02 Å². The number of hydrogen-bond acceptors (Lipinski definition) is 2. The van der Waals surface area contributed by atoms with Crippen molar-refractivity contribution in [2.24, 2.45) is 5.92 Å². The Morgan fingerprint density at radius 1 is 1.47 bits per heavy atom. The van der Waals surface area contributed by atoms with Crippen LogP contribution in [0.25, 0.3) is 0 Å². The fraction of sp³-hybridized carbons (Fsp3) is 0.600. The molecule has 0 heterocycles. The first-order chi connectivity index (χ1) is 9.10. The van der Waals surface area contributed by atoms with Crippen LogP contribution < -0.4 is 0 Å². The molecule has 1 atom stereocenters. The van der Waals surface area contributed by atoms with Crippen LogP contribution in [0.5, 0.6) is 0 Å². The Morgan fingerprint density at radius 2 is 2.21 bits per heavy atom. The lowest BCUT2D eigenvalue weighted by Crippen LogP contribution is -2.34. The average molecular weight is 287 g/mol. The Kier molecular flexibility index (Phi) is 5.20. The molecule has 1 saturated carbocycles. The van der Waals surface area contributed by atoms with Crippen molar-refractivity contribution in [3.8, 4) is 0 Å². The number of ether oxygens (including phenoxy) is 1. The molecular weight excluding hydrogens is 267 g/mol. The van der Waals surface area contributed by atoms with Gasteiger partial charge in [0.2, 0.25) is 0 Å². The number of aliphatic hydroxyl groups is 1. The van der Waals surface area contributed by atoms with Crippen LogP contribution >= 0.6 is 11.6 Å². The first-order valence-electron chi connectivity index (χ1n) is 6.82. The van der Waals surface area contributed by atoms with Crippen molar-refractivity contribution in [3.63, 3.8) is 0 Å². The molecule has 1 aliphatic carbocycles. The van der Waals surface area contributed by atoms with Gasteiger partial charge in [-0.05, 0) is 43.7 Å². The molecule has 1 fully saturated rings. The summed E-state index contributed by atoms with van der Waals surface area (Å²) in [4.78, 5) is 0. The zero-order chi connectivity index (χ0) is 13.8. The van der Waals surface area contributed by atoms with E-state index < -0.39 is 11.9 Å². The van der Waals surface area contributed by atoms with Crippen LogP contribution in [0, 0.1) is 11.7 Å². The Hall–Kier alpha value is -0.640. The molecule has 1 N–H and O–H groups in total. The molecule has 19 heavy (non-hydrogen) atoms. The highest BCUT2D eigenvalue weighted by Crippen LogP contribution is 2.34. The second kappa shape index (κ2) is 6.69. The molecule has 0 spiro atoms. The Balaban J connectivity index is 1.79. The summed E-state index contributed by atoms with van der Waals surface area (Å²) < 4.78 is 19.2. The third-order valence-electron chi connectivity index (χ3n) is 3.69. The minimum absolute atomic E-state index is 0.116. The number of rotatable bonds is 6. The number of hydrogen-bond donors (Lipinski definition) is 1. The van der Waals surface area contributed by atoms with Crippen molar-refractivity contribution in [2.75, 3.05) is 6.61 Å². The first-order valence-corrected chi connectivity index (χ1v) is 7.20. The lowest BCUT2D eigenvalue weighted by molar-refractivity contribution is -0.0376. The highest BCUT2D eigenvalue weighted by Gasteiger charge is 2.31. The molecule has 1 unspecified atom stereocenters. The third kappa shape index (κ3) is 3.91.